The third-order valence-electron chi connectivity index (χ3n) is 11.1. The number of ether oxygens (including phenoxy) is 2. The lowest BCUT2D eigenvalue weighted by molar-refractivity contribution is -0.134. The van der Waals surface area contributed by atoms with Crippen molar-refractivity contribution in [2.75, 3.05) is 45.7 Å². The third kappa shape index (κ3) is 10.2. The molecule has 0 spiro atoms. The minimum atomic E-state index is -0.572. The molecule has 5 N–H and O–H groups in total. The molecule has 6 rings (SSSR count). The van der Waals surface area contributed by atoms with Crippen LogP contribution in [0.2, 0.25) is 0 Å². The highest BCUT2D eigenvalue weighted by Crippen LogP contribution is 2.37. The first kappa shape index (κ1) is 41.9. The van der Waals surface area contributed by atoms with Crippen molar-refractivity contribution >= 4 is 40.2 Å². The largest absolute Gasteiger partial charge is 0.496 e. The number of unbranched alkanes of at least 4 members (excludes halogenated alkanes) is 4. The van der Waals surface area contributed by atoms with Crippen LogP contribution in [-0.2, 0) is 32.8 Å². The molecule has 0 saturated carbocycles. The molecule has 15 nitrogen and oxygen atoms in total. The Kier molecular flexibility index (Phi) is 14.1. The Hall–Kier alpha value is -5.77. The average molecular weight is 801 g/mol. The number of amides is 4. The molecule has 16 heteroatoms. The number of fused-ring (bicyclic) bond motifs is 1. The number of nitrogens with zero attached hydrogens (tertiary/aromatic N) is 3. The molecule has 2 aliphatic rings. The van der Waals surface area contributed by atoms with Gasteiger partial charge in [-0.1, -0.05) is 25.3 Å². The fourth-order valence-electron chi connectivity index (χ4n) is 7.80. The van der Waals surface area contributed by atoms with Crippen LogP contribution in [-0.4, -0.2) is 89.7 Å². The van der Waals surface area contributed by atoms with Crippen LogP contribution in [0.25, 0.3) is 22.0 Å². The molecule has 2 aromatic heterocycles. The summed E-state index contributed by atoms with van der Waals surface area (Å²) in [5, 5.41) is 19.0. The van der Waals surface area contributed by atoms with Crippen molar-refractivity contribution in [3.63, 3.8) is 0 Å². The van der Waals surface area contributed by atoms with E-state index in [-0.39, 0.29) is 48.0 Å². The maximum Gasteiger partial charge on any atom is 0.276 e. The van der Waals surface area contributed by atoms with Crippen LogP contribution < -0.4 is 36.3 Å². The number of methoxy groups -OCH3 is 2. The van der Waals surface area contributed by atoms with Crippen LogP contribution in [0.4, 0.5) is 10.1 Å². The number of imide groups is 1. The molecular formula is C42H53FN8O7. The highest BCUT2D eigenvalue weighted by atomic mass is 19.1. The molecule has 4 aromatic rings. The van der Waals surface area contributed by atoms with E-state index in [9.17, 15) is 24.0 Å². The quantitative estimate of drug-likeness (QED) is 0.0719. The first-order valence-corrected chi connectivity index (χ1v) is 20.0. The predicted molar refractivity (Wildman–Crippen MR) is 217 cm³/mol. The second kappa shape index (κ2) is 19.6. The molecule has 4 heterocycles. The number of carbonyl (C=O) groups is 4. The van der Waals surface area contributed by atoms with Gasteiger partial charge in [-0.15, -0.1) is 0 Å². The third-order valence-corrected chi connectivity index (χ3v) is 11.1. The van der Waals surface area contributed by atoms with Crippen LogP contribution in [0.5, 0.6) is 11.5 Å². The zero-order valence-corrected chi connectivity index (χ0v) is 33.4. The summed E-state index contributed by atoms with van der Waals surface area (Å²) >= 11 is 0. The van der Waals surface area contributed by atoms with Gasteiger partial charge in [-0.05, 0) is 73.4 Å². The standard InChI is InChI=1S/C42H53FN8O7/c1-50-25-32(30-23-46-49-40(30)42(50)56)27-19-35(57-2)31(36(20-27)58-3)22-44-24-38(53)45-16-8-6-4-5-7-9-39(54)51-17-14-26(15-18-51)29-11-10-28(21-33(29)43)47-34-12-13-37(52)48-41(34)55/h10-11,19-21,23,25-26,34,44,47H,4-9,12-18,22,24H2,1-3H3,(H,45,53)(H,46,49)(H,48,52,55). The number of hydrogen-bond acceptors (Lipinski definition) is 10. The van der Waals surface area contributed by atoms with Crippen molar-refractivity contribution < 1.29 is 33.0 Å². The topological polar surface area (TPSA) is 189 Å². The van der Waals surface area contributed by atoms with Gasteiger partial charge in [0.2, 0.25) is 23.6 Å². The number of halogens is 1. The predicted octanol–water partition coefficient (Wildman–Crippen LogP) is 4.25. The van der Waals surface area contributed by atoms with E-state index in [1.165, 1.54) is 10.6 Å². The lowest BCUT2D eigenvalue weighted by Crippen LogP contribution is -2.47. The normalized spacial score (nSPS) is 16.0. The summed E-state index contributed by atoms with van der Waals surface area (Å²) in [5.74, 6) is 0.169. The second-order valence-electron chi connectivity index (χ2n) is 15.0. The summed E-state index contributed by atoms with van der Waals surface area (Å²) in [5.41, 5.74) is 3.71. The van der Waals surface area contributed by atoms with Gasteiger partial charge in [-0.25, -0.2) is 4.39 Å². The van der Waals surface area contributed by atoms with Crippen molar-refractivity contribution in [1.82, 2.24) is 35.6 Å². The van der Waals surface area contributed by atoms with Gasteiger partial charge in [0.05, 0.1) is 27.0 Å². The summed E-state index contributed by atoms with van der Waals surface area (Å²) in [6.45, 7) is 2.21. The van der Waals surface area contributed by atoms with Gasteiger partial charge in [0.25, 0.3) is 5.56 Å². The summed E-state index contributed by atoms with van der Waals surface area (Å²) in [7, 11) is 4.84. The smallest absolute Gasteiger partial charge is 0.276 e. The maximum atomic E-state index is 15.1. The SMILES string of the molecule is COc1cc(-c2cn(C)c(=O)c3[nH]ncc23)cc(OC)c1CNCC(=O)NCCCCCCCC(=O)N1CCC(c2ccc(NC3CCC(=O)NC3=O)cc2F)CC1. The molecule has 1 atom stereocenters. The Morgan fingerprint density at radius 1 is 0.966 bits per heavy atom. The number of benzene rings is 2. The first-order chi connectivity index (χ1) is 28.1. The molecule has 2 aromatic carbocycles. The van der Waals surface area contributed by atoms with Crippen LogP contribution in [0.15, 0.2) is 47.5 Å². The fourth-order valence-corrected chi connectivity index (χ4v) is 7.80. The average Bonchev–Trinajstić information content (AvgIpc) is 3.72. The van der Waals surface area contributed by atoms with E-state index in [2.05, 4.69) is 31.5 Å². The van der Waals surface area contributed by atoms with E-state index in [4.69, 9.17) is 9.47 Å². The van der Waals surface area contributed by atoms with Crippen LogP contribution in [0, 0.1) is 5.82 Å². The van der Waals surface area contributed by atoms with Gasteiger partial charge < -0.3 is 34.9 Å². The molecular weight excluding hydrogens is 748 g/mol. The molecule has 2 aliphatic heterocycles. The Labute approximate surface area is 336 Å². The van der Waals surface area contributed by atoms with Crippen molar-refractivity contribution in [2.24, 2.45) is 7.05 Å². The van der Waals surface area contributed by atoms with Gasteiger partial charge in [-0.2, -0.15) is 5.10 Å². The van der Waals surface area contributed by atoms with E-state index in [1.807, 2.05) is 17.0 Å². The summed E-state index contributed by atoms with van der Waals surface area (Å²) in [4.78, 5) is 63.3. The minimum Gasteiger partial charge on any atom is -0.496 e. The second-order valence-corrected chi connectivity index (χ2v) is 15.0. The molecule has 0 radical (unpaired) electrons. The Balaban J connectivity index is 0.838. The Morgan fingerprint density at radius 2 is 1.69 bits per heavy atom. The van der Waals surface area contributed by atoms with E-state index in [1.54, 1.807) is 45.8 Å². The number of H-pyrrole nitrogens is 1. The molecule has 310 valence electrons. The van der Waals surface area contributed by atoms with E-state index >= 15 is 4.39 Å². The maximum absolute atomic E-state index is 15.1. The number of piperidine rings is 2. The minimum absolute atomic E-state index is 0.0186. The van der Waals surface area contributed by atoms with Gasteiger partial charge in [-0.3, -0.25) is 34.4 Å². The van der Waals surface area contributed by atoms with Gasteiger partial charge in [0.1, 0.15) is 28.9 Å². The molecule has 4 amide bonds. The number of pyridine rings is 1. The van der Waals surface area contributed by atoms with E-state index < -0.39 is 11.9 Å². The van der Waals surface area contributed by atoms with Crippen molar-refractivity contribution in [3.05, 3.63) is 70.0 Å². The van der Waals surface area contributed by atoms with E-state index in [0.717, 1.165) is 48.8 Å². The number of carbonyl (C=O) groups excluding carboxylic acids is 4. The summed E-state index contributed by atoms with van der Waals surface area (Å²) in [6.07, 6.45) is 10.4. The number of aryl methyl sites for hydroxylation is 1. The van der Waals surface area contributed by atoms with E-state index in [0.29, 0.717) is 85.5 Å². The van der Waals surface area contributed by atoms with Crippen LogP contribution >= 0.6 is 0 Å². The monoisotopic (exact) mass is 800 g/mol. The van der Waals surface area contributed by atoms with Crippen molar-refractivity contribution in [1.29, 1.82) is 0 Å². The molecule has 0 aliphatic carbocycles. The Morgan fingerprint density at radius 3 is 2.40 bits per heavy atom. The van der Waals surface area contributed by atoms with Gasteiger partial charge >= 0.3 is 0 Å². The fraction of sp³-hybridized carbons (Fsp3) is 0.476. The number of aromatic amines is 1. The van der Waals surface area contributed by atoms with Crippen LogP contribution in [0.3, 0.4) is 0 Å². The van der Waals surface area contributed by atoms with Crippen molar-refractivity contribution in [2.45, 2.75) is 82.7 Å². The number of nitrogens with one attached hydrogen (secondary N) is 5. The lowest BCUT2D eigenvalue weighted by Gasteiger charge is -2.32. The molecule has 2 saturated heterocycles. The molecule has 1 unspecified atom stereocenters. The zero-order chi connectivity index (χ0) is 41.2. The van der Waals surface area contributed by atoms with Crippen LogP contribution in [0.1, 0.15) is 81.3 Å². The molecule has 58 heavy (non-hydrogen) atoms. The Bertz CT molecular complexity index is 2150. The molecule has 2 fully saturated rings. The van der Waals surface area contributed by atoms with Gasteiger partial charge in [0.15, 0.2) is 0 Å². The first-order valence-electron chi connectivity index (χ1n) is 20.0. The zero-order valence-electron chi connectivity index (χ0n) is 33.4. The number of hydrogen-bond donors (Lipinski definition) is 5. The number of rotatable bonds is 18. The highest BCUT2D eigenvalue weighted by molar-refractivity contribution is 6.01. The summed E-state index contributed by atoms with van der Waals surface area (Å²) in [6, 6.07) is 8.11. The highest BCUT2D eigenvalue weighted by Gasteiger charge is 2.28. The number of aromatic nitrogens is 3. The summed E-state index contributed by atoms with van der Waals surface area (Å²) < 4.78 is 28.0. The lowest BCUT2D eigenvalue weighted by atomic mass is 9.88. The number of anilines is 1. The van der Waals surface area contributed by atoms with Crippen molar-refractivity contribution in [3.8, 4) is 22.6 Å². The van der Waals surface area contributed by atoms with Gasteiger partial charge in [0, 0.05) is 74.5 Å². The number of likely N-dealkylation sites (tertiary alicyclic amines) is 1. The molecule has 0 bridgehead atoms.